The molecule has 0 aromatic heterocycles. The quantitative estimate of drug-likeness (QED) is 0.709. The van der Waals surface area contributed by atoms with Crippen LogP contribution in [-0.2, 0) is 4.79 Å². The molecule has 2 fully saturated rings. The van der Waals surface area contributed by atoms with E-state index in [9.17, 15) is 9.90 Å². The van der Waals surface area contributed by atoms with Gasteiger partial charge in [-0.2, -0.15) is 0 Å². The van der Waals surface area contributed by atoms with Crippen LogP contribution < -0.4 is 5.32 Å². The van der Waals surface area contributed by atoms with Crippen molar-refractivity contribution < 1.29 is 9.90 Å². The lowest BCUT2D eigenvalue weighted by molar-refractivity contribution is -0.144. The Bertz CT molecular complexity index is 359. The number of nitrogens with one attached hydrogen (secondary N) is 1. The third-order valence-electron chi connectivity index (χ3n) is 5.06. The molecule has 1 saturated heterocycles. The molecule has 2 aliphatic rings. The van der Waals surface area contributed by atoms with Crippen molar-refractivity contribution in [2.24, 2.45) is 0 Å². The maximum atomic E-state index is 11.5. The van der Waals surface area contributed by atoms with Crippen LogP contribution in [0.5, 0.6) is 0 Å². The Morgan fingerprint density at radius 2 is 2.10 bits per heavy atom. The van der Waals surface area contributed by atoms with Gasteiger partial charge < -0.3 is 14.9 Å². The predicted octanol–water partition coefficient (Wildman–Crippen LogP) is 1.39. The maximum absolute atomic E-state index is 11.5. The average Bonchev–Trinajstić information content (AvgIpc) is 3.24. The van der Waals surface area contributed by atoms with Crippen LogP contribution in [0.15, 0.2) is 0 Å². The fourth-order valence-corrected chi connectivity index (χ4v) is 3.23. The van der Waals surface area contributed by atoms with Crippen molar-refractivity contribution >= 4 is 5.97 Å². The van der Waals surface area contributed by atoms with Crippen LogP contribution >= 0.6 is 0 Å². The van der Waals surface area contributed by atoms with E-state index in [1.807, 2.05) is 6.92 Å². The molecule has 0 radical (unpaired) electrons. The van der Waals surface area contributed by atoms with Crippen molar-refractivity contribution in [3.8, 4) is 0 Å². The highest BCUT2D eigenvalue weighted by atomic mass is 16.4. The van der Waals surface area contributed by atoms with Gasteiger partial charge in [-0.25, -0.2) is 0 Å². The summed E-state index contributed by atoms with van der Waals surface area (Å²) < 4.78 is 0. The van der Waals surface area contributed by atoms with Crippen LogP contribution in [0.2, 0.25) is 0 Å². The Morgan fingerprint density at radius 1 is 1.38 bits per heavy atom. The fourth-order valence-electron chi connectivity index (χ4n) is 3.23. The lowest BCUT2D eigenvalue weighted by atomic mass is 9.95. The zero-order valence-corrected chi connectivity index (χ0v) is 13.8. The first-order valence-corrected chi connectivity index (χ1v) is 8.38. The zero-order chi connectivity index (χ0) is 15.5. The number of rotatable bonds is 8. The second-order valence-corrected chi connectivity index (χ2v) is 7.00. The van der Waals surface area contributed by atoms with Crippen LogP contribution in [0, 0.1) is 0 Å². The summed E-state index contributed by atoms with van der Waals surface area (Å²) in [7, 11) is 2.20. The zero-order valence-electron chi connectivity index (χ0n) is 13.8. The minimum absolute atomic E-state index is 0.430. The highest BCUT2D eigenvalue weighted by Crippen LogP contribution is 2.25. The van der Waals surface area contributed by atoms with Gasteiger partial charge >= 0.3 is 5.97 Å². The molecule has 2 rings (SSSR count). The largest absolute Gasteiger partial charge is 0.480 e. The second kappa shape index (κ2) is 7.07. The van der Waals surface area contributed by atoms with Crippen molar-refractivity contribution in [2.75, 3.05) is 33.2 Å². The SMILES string of the molecule is CCC1CN(CCCC(C)(NC2CC2)C(=O)O)CCN1C. The van der Waals surface area contributed by atoms with Gasteiger partial charge in [-0.15, -0.1) is 0 Å². The van der Waals surface area contributed by atoms with E-state index < -0.39 is 11.5 Å². The number of piperazine rings is 1. The first kappa shape index (κ1) is 16.7. The monoisotopic (exact) mass is 297 g/mol. The van der Waals surface area contributed by atoms with E-state index >= 15 is 0 Å². The number of aliphatic carboxylic acids is 1. The fraction of sp³-hybridized carbons (Fsp3) is 0.938. The molecule has 1 saturated carbocycles. The normalized spacial score (nSPS) is 27.5. The van der Waals surface area contributed by atoms with E-state index in [1.165, 1.54) is 6.42 Å². The summed E-state index contributed by atoms with van der Waals surface area (Å²) in [6, 6.07) is 1.08. The summed E-state index contributed by atoms with van der Waals surface area (Å²) in [6.45, 7) is 8.44. The number of hydrogen-bond donors (Lipinski definition) is 2. The summed E-state index contributed by atoms with van der Waals surface area (Å²) in [4.78, 5) is 16.5. The molecule has 0 amide bonds. The minimum Gasteiger partial charge on any atom is -0.480 e. The molecule has 0 bridgehead atoms. The number of carbonyl (C=O) groups is 1. The highest BCUT2D eigenvalue weighted by molar-refractivity contribution is 5.78. The standard InChI is InChI=1S/C16H31N3O2/c1-4-14-12-19(11-10-18(14)3)9-5-8-16(2,15(20)21)17-13-6-7-13/h13-14,17H,4-12H2,1-3H3,(H,20,21). The smallest absolute Gasteiger partial charge is 0.323 e. The second-order valence-electron chi connectivity index (χ2n) is 7.00. The van der Waals surface area contributed by atoms with Crippen molar-refractivity contribution in [2.45, 2.75) is 63.6 Å². The molecule has 2 N–H and O–H groups in total. The maximum Gasteiger partial charge on any atom is 0.323 e. The van der Waals surface area contributed by atoms with Gasteiger partial charge in [-0.1, -0.05) is 6.92 Å². The van der Waals surface area contributed by atoms with E-state index in [-0.39, 0.29) is 0 Å². The first-order valence-electron chi connectivity index (χ1n) is 8.38. The van der Waals surface area contributed by atoms with E-state index in [0.717, 1.165) is 45.4 Å². The molecular weight excluding hydrogens is 266 g/mol. The van der Waals surface area contributed by atoms with Gasteiger partial charge in [0.25, 0.3) is 0 Å². The number of likely N-dealkylation sites (N-methyl/N-ethyl adjacent to an activating group) is 1. The molecule has 5 heteroatoms. The molecule has 5 nitrogen and oxygen atoms in total. The van der Waals surface area contributed by atoms with E-state index in [1.54, 1.807) is 0 Å². The molecule has 0 spiro atoms. The predicted molar refractivity (Wildman–Crippen MR) is 84.6 cm³/mol. The van der Waals surface area contributed by atoms with Gasteiger partial charge in [0.2, 0.25) is 0 Å². The van der Waals surface area contributed by atoms with E-state index in [0.29, 0.717) is 18.5 Å². The van der Waals surface area contributed by atoms with E-state index in [4.69, 9.17) is 0 Å². The van der Waals surface area contributed by atoms with Crippen LogP contribution in [0.4, 0.5) is 0 Å². The van der Waals surface area contributed by atoms with Crippen LogP contribution in [-0.4, -0.2) is 71.7 Å². The van der Waals surface area contributed by atoms with Crippen molar-refractivity contribution in [3.05, 3.63) is 0 Å². The molecule has 0 aromatic carbocycles. The minimum atomic E-state index is -0.752. The Hall–Kier alpha value is -0.650. The summed E-state index contributed by atoms with van der Waals surface area (Å²) in [5, 5.41) is 12.8. The van der Waals surface area contributed by atoms with Crippen molar-refractivity contribution in [1.82, 2.24) is 15.1 Å². The van der Waals surface area contributed by atoms with Crippen LogP contribution in [0.1, 0.15) is 46.0 Å². The number of nitrogens with zero attached hydrogens (tertiary/aromatic N) is 2. The lowest BCUT2D eigenvalue weighted by Crippen LogP contribution is -2.53. The molecular formula is C16H31N3O2. The molecule has 1 heterocycles. The molecule has 21 heavy (non-hydrogen) atoms. The summed E-state index contributed by atoms with van der Waals surface area (Å²) >= 11 is 0. The van der Waals surface area contributed by atoms with Gasteiger partial charge in [-0.05, 0) is 52.6 Å². The van der Waals surface area contributed by atoms with Gasteiger partial charge in [0, 0.05) is 31.7 Å². The average molecular weight is 297 g/mol. The third-order valence-corrected chi connectivity index (χ3v) is 5.06. The molecule has 2 unspecified atom stereocenters. The summed E-state index contributed by atoms with van der Waals surface area (Å²) in [6.07, 6.45) is 5.09. The van der Waals surface area contributed by atoms with Gasteiger partial charge in [-0.3, -0.25) is 10.1 Å². The van der Waals surface area contributed by atoms with Crippen molar-refractivity contribution in [1.29, 1.82) is 0 Å². The van der Waals surface area contributed by atoms with Gasteiger partial charge in [0.05, 0.1) is 0 Å². The van der Waals surface area contributed by atoms with Crippen LogP contribution in [0.3, 0.4) is 0 Å². The summed E-state index contributed by atoms with van der Waals surface area (Å²) in [5.41, 5.74) is -0.752. The lowest BCUT2D eigenvalue weighted by Gasteiger charge is -2.39. The van der Waals surface area contributed by atoms with Gasteiger partial charge in [0.1, 0.15) is 5.54 Å². The molecule has 2 atom stereocenters. The molecule has 1 aliphatic carbocycles. The first-order chi connectivity index (χ1) is 9.94. The summed E-state index contributed by atoms with van der Waals surface area (Å²) in [5.74, 6) is -0.709. The highest BCUT2D eigenvalue weighted by Gasteiger charge is 2.38. The Morgan fingerprint density at radius 3 is 2.67 bits per heavy atom. The third kappa shape index (κ3) is 4.66. The Kier molecular flexibility index (Phi) is 5.63. The topological polar surface area (TPSA) is 55.8 Å². The number of hydrogen-bond acceptors (Lipinski definition) is 4. The van der Waals surface area contributed by atoms with Gasteiger partial charge in [0.15, 0.2) is 0 Å². The van der Waals surface area contributed by atoms with Crippen LogP contribution in [0.25, 0.3) is 0 Å². The molecule has 122 valence electrons. The van der Waals surface area contributed by atoms with E-state index in [2.05, 4.69) is 29.1 Å². The van der Waals surface area contributed by atoms with Crippen molar-refractivity contribution in [3.63, 3.8) is 0 Å². The molecule has 1 aliphatic heterocycles. The Balaban J connectivity index is 1.75. The number of carboxylic acid groups (broad SMARTS) is 1. The number of carboxylic acids is 1. The molecule has 0 aromatic rings. The Labute approximate surface area is 128 Å².